The van der Waals surface area contributed by atoms with Gasteiger partial charge >= 0.3 is 0 Å². The number of ether oxygens (including phenoxy) is 1. The number of hydrogen-bond acceptors (Lipinski definition) is 3. The molecule has 0 saturated heterocycles. The minimum atomic E-state index is -0.420. The lowest BCUT2D eigenvalue weighted by Crippen LogP contribution is -2.16. The summed E-state index contributed by atoms with van der Waals surface area (Å²) in [5, 5.41) is 6.95. The van der Waals surface area contributed by atoms with E-state index in [4.69, 9.17) is 51.1 Å². The van der Waals surface area contributed by atoms with Gasteiger partial charge in [0.25, 0.3) is 11.8 Å². The maximum atomic E-state index is 12.7. The molecule has 3 rings (SSSR count). The Morgan fingerprint density at radius 3 is 1.75 bits per heavy atom. The Hall–Kier alpha value is -2.44. The first-order valence-corrected chi connectivity index (χ1v) is 11.0. The van der Waals surface area contributed by atoms with Crippen molar-refractivity contribution in [3.8, 4) is 5.75 Å². The number of benzene rings is 3. The number of hydrogen-bond donors (Lipinski definition) is 2. The molecule has 0 radical (unpaired) electrons. The van der Waals surface area contributed by atoms with Gasteiger partial charge < -0.3 is 15.4 Å². The molecule has 0 saturated carbocycles. The quantitative estimate of drug-likeness (QED) is 0.359. The second kappa shape index (κ2) is 10.5. The summed E-state index contributed by atoms with van der Waals surface area (Å²) in [6.07, 6.45) is 0. The standard InChI is InChI=1S/C23H18Cl4N2O3/c1-3-32-21-11-19(28-22(30)15-6-4-13(24)9-17(15)26)12(2)8-20(21)29-23(31)16-7-5-14(25)10-18(16)27/h4-11H,3H2,1-2H3,(H,28,30)(H,29,31). The predicted octanol–water partition coefficient (Wildman–Crippen LogP) is 7.51. The minimum Gasteiger partial charge on any atom is -0.492 e. The first-order chi connectivity index (χ1) is 15.2. The van der Waals surface area contributed by atoms with Crippen molar-refractivity contribution in [3.05, 3.63) is 85.3 Å². The molecule has 3 aromatic rings. The van der Waals surface area contributed by atoms with Crippen LogP contribution in [-0.4, -0.2) is 18.4 Å². The summed E-state index contributed by atoms with van der Waals surface area (Å²) in [7, 11) is 0. The van der Waals surface area contributed by atoms with E-state index in [2.05, 4.69) is 10.6 Å². The molecule has 166 valence electrons. The molecule has 5 nitrogen and oxygen atoms in total. The average Bonchev–Trinajstić information content (AvgIpc) is 2.71. The van der Waals surface area contributed by atoms with Crippen molar-refractivity contribution in [1.82, 2.24) is 0 Å². The van der Waals surface area contributed by atoms with Crippen LogP contribution >= 0.6 is 46.4 Å². The molecule has 0 fully saturated rings. The normalized spacial score (nSPS) is 10.6. The van der Waals surface area contributed by atoms with Gasteiger partial charge in [-0.05, 0) is 61.9 Å². The molecule has 0 atom stereocenters. The van der Waals surface area contributed by atoms with E-state index < -0.39 is 11.8 Å². The molecule has 0 heterocycles. The van der Waals surface area contributed by atoms with Gasteiger partial charge in [-0.2, -0.15) is 0 Å². The molecule has 0 aromatic heterocycles. The lowest BCUT2D eigenvalue weighted by molar-refractivity contribution is 0.101. The van der Waals surface area contributed by atoms with E-state index in [1.165, 1.54) is 18.2 Å². The fourth-order valence-electron chi connectivity index (χ4n) is 2.92. The number of aryl methyl sites for hydroxylation is 1. The highest BCUT2D eigenvalue weighted by molar-refractivity contribution is 6.38. The van der Waals surface area contributed by atoms with E-state index in [-0.39, 0.29) is 21.2 Å². The van der Waals surface area contributed by atoms with E-state index in [0.29, 0.717) is 39.3 Å². The van der Waals surface area contributed by atoms with Gasteiger partial charge in [0.15, 0.2) is 0 Å². The van der Waals surface area contributed by atoms with E-state index >= 15 is 0 Å². The number of nitrogens with one attached hydrogen (secondary N) is 2. The summed E-state index contributed by atoms with van der Waals surface area (Å²) < 4.78 is 5.68. The topological polar surface area (TPSA) is 67.4 Å². The molecule has 2 N–H and O–H groups in total. The number of carbonyl (C=O) groups excluding carboxylic acids is 2. The van der Waals surface area contributed by atoms with Crippen molar-refractivity contribution < 1.29 is 14.3 Å². The molecule has 0 bridgehead atoms. The Morgan fingerprint density at radius 2 is 1.28 bits per heavy atom. The molecule has 0 aliphatic heterocycles. The Morgan fingerprint density at radius 1 is 0.781 bits per heavy atom. The van der Waals surface area contributed by atoms with Crippen molar-refractivity contribution in [2.24, 2.45) is 0 Å². The second-order valence-electron chi connectivity index (χ2n) is 6.75. The molecule has 0 unspecified atom stereocenters. The third-order valence-electron chi connectivity index (χ3n) is 4.47. The van der Waals surface area contributed by atoms with Crippen LogP contribution in [0.25, 0.3) is 0 Å². The number of rotatable bonds is 6. The SMILES string of the molecule is CCOc1cc(NC(=O)c2ccc(Cl)cc2Cl)c(C)cc1NC(=O)c1ccc(Cl)cc1Cl. The fraction of sp³-hybridized carbons (Fsp3) is 0.130. The van der Waals surface area contributed by atoms with Crippen molar-refractivity contribution >= 4 is 69.6 Å². The van der Waals surface area contributed by atoms with Gasteiger partial charge in [-0.1, -0.05) is 46.4 Å². The zero-order valence-electron chi connectivity index (χ0n) is 17.1. The Labute approximate surface area is 205 Å². The number of amides is 2. The molecular weight excluding hydrogens is 494 g/mol. The van der Waals surface area contributed by atoms with Crippen LogP contribution in [0.15, 0.2) is 48.5 Å². The second-order valence-corrected chi connectivity index (χ2v) is 8.44. The summed E-state index contributed by atoms with van der Waals surface area (Å²) in [5.41, 5.74) is 2.19. The van der Waals surface area contributed by atoms with Crippen LogP contribution in [0.3, 0.4) is 0 Å². The fourth-order valence-corrected chi connectivity index (χ4v) is 3.91. The number of halogens is 4. The third-order valence-corrected chi connectivity index (χ3v) is 5.57. The van der Waals surface area contributed by atoms with Gasteiger partial charge in [0.1, 0.15) is 5.75 Å². The van der Waals surface area contributed by atoms with Gasteiger partial charge in [-0.15, -0.1) is 0 Å². The van der Waals surface area contributed by atoms with Crippen LogP contribution < -0.4 is 15.4 Å². The smallest absolute Gasteiger partial charge is 0.257 e. The molecule has 3 aromatic carbocycles. The number of anilines is 2. The first-order valence-electron chi connectivity index (χ1n) is 9.49. The van der Waals surface area contributed by atoms with Crippen LogP contribution in [0.4, 0.5) is 11.4 Å². The molecule has 0 aliphatic carbocycles. The summed E-state index contributed by atoms with van der Waals surface area (Å²) >= 11 is 24.1. The molecule has 9 heteroatoms. The lowest BCUT2D eigenvalue weighted by Gasteiger charge is -2.17. The van der Waals surface area contributed by atoms with Crippen molar-refractivity contribution in [1.29, 1.82) is 0 Å². The van der Waals surface area contributed by atoms with Gasteiger partial charge in [0.05, 0.1) is 33.5 Å². The molecule has 32 heavy (non-hydrogen) atoms. The maximum absolute atomic E-state index is 12.7. The van der Waals surface area contributed by atoms with Crippen molar-refractivity contribution in [2.45, 2.75) is 13.8 Å². The van der Waals surface area contributed by atoms with Crippen LogP contribution in [0.2, 0.25) is 20.1 Å². The van der Waals surface area contributed by atoms with Gasteiger partial charge in [0.2, 0.25) is 0 Å². The van der Waals surface area contributed by atoms with Crippen LogP contribution in [0.5, 0.6) is 5.75 Å². The highest BCUT2D eigenvalue weighted by Crippen LogP contribution is 2.33. The Kier molecular flexibility index (Phi) is 7.91. The summed E-state index contributed by atoms with van der Waals surface area (Å²) in [5.74, 6) is -0.437. The summed E-state index contributed by atoms with van der Waals surface area (Å²) in [6.45, 7) is 3.96. The molecular formula is C23H18Cl4N2O3. The average molecular weight is 512 g/mol. The van der Waals surface area contributed by atoms with E-state index in [1.54, 1.807) is 37.3 Å². The van der Waals surface area contributed by atoms with Gasteiger partial charge in [-0.3, -0.25) is 9.59 Å². The van der Waals surface area contributed by atoms with E-state index in [9.17, 15) is 9.59 Å². The largest absolute Gasteiger partial charge is 0.492 e. The third kappa shape index (κ3) is 5.67. The zero-order chi connectivity index (χ0) is 23.4. The minimum absolute atomic E-state index is 0.230. The van der Waals surface area contributed by atoms with E-state index in [1.807, 2.05) is 6.92 Å². The molecule has 2 amide bonds. The Balaban J connectivity index is 1.88. The molecule has 0 spiro atoms. The monoisotopic (exact) mass is 510 g/mol. The van der Waals surface area contributed by atoms with Crippen molar-refractivity contribution in [3.63, 3.8) is 0 Å². The van der Waals surface area contributed by atoms with Crippen LogP contribution in [-0.2, 0) is 0 Å². The Bertz CT molecular complexity index is 1200. The summed E-state index contributed by atoms with van der Waals surface area (Å²) in [4.78, 5) is 25.4. The van der Waals surface area contributed by atoms with Gasteiger partial charge in [-0.25, -0.2) is 0 Å². The van der Waals surface area contributed by atoms with Crippen LogP contribution in [0, 0.1) is 6.92 Å². The van der Waals surface area contributed by atoms with E-state index in [0.717, 1.165) is 0 Å². The number of carbonyl (C=O) groups is 2. The zero-order valence-corrected chi connectivity index (χ0v) is 20.1. The summed E-state index contributed by atoms with van der Waals surface area (Å²) in [6, 6.07) is 12.6. The molecule has 0 aliphatic rings. The van der Waals surface area contributed by atoms with Crippen molar-refractivity contribution in [2.75, 3.05) is 17.2 Å². The van der Waals surface area contributed by atoms with Crippen LogP contribution in [0.1, 0.15) is 33.2 Å². The first kappa shape index (κ1) is 24.2. The van der Waals surface area contributed by atoms with Gasteiger partial charge in [0, 0.05) is 21.8 Å². The highest BCUT2D eigenvalue weighted by atomic mass is 35.5. The maximum Gasteiger partial charge on any atom is 0.257 e. The highest BCUT2D eigenvalue weighted by Gasteiger charge is 2.17. The predicted molar refractivity (Wildman–Crippen MR) is 131 cm³/mol. The lowest BCUT2D eigenvalue weighted by atomic mass is 10.1.